The highest BCUT2D eigenvalue weighted by molar-refractivity contribution is 7.98. The number of rotatable bonds is 11. The average Bonchev–Trinajstić information content (AvgIpc) is 2.89. The molecule has 0 spiro atoms. The Bertz CT molecular complexity index is 1180. The van der Waals surface area contributed by atoms with Gasteiger partial charge in [-0.05, 0) is 62.6 Å². The minimum atomic E-state index is -0.627. The van der Waals surface area contributed by atoms with Gasteiger partial charge >= 0.3 is 0 Å². The van der Waals surface area contributed by atoms with E-state index in [9.17, 15) is 18.4 Å². The van der Waals surface area contributed by atoms with E-state index in [0.29, 0.717) is 38.0 Å². The average molecular weight is 589 g/mol. The Kier molecular flexibility index (Phi) is 9.28. The third-order valence-corrected chi connectivity index (χ3v) is 7.98. The molecule has 2 bridgehead atoms. The van der Waals surface area contributed by atoms with E-state index in [1.54, 1.807) is 0 Å². The van der Waals surface area contributed by atoms with Crippen molar-refractivity contribution in [2.75, 3.05) is 25.4 Å². The first kappa shape index (κ1) is 28.7. The molecule has 2 aromatic rings. The van der Waals surface area contributed by atoms with Crippen LogP contribution in [0.25, 0.3) is 0 Å². The molecule has 3 saturated carbocycles. The highest BCUT2D eigenvalue weighted by atomic mass is 35.5. The third-order valence-electron chi connectivity index (χ3n) is 6.99. The molecule has 206 valence electrons. The monoisotopic (exact) mass is 588 g/mol. The van der Waals surface area contributed by atoms with Crippen LogP contribution in [0.2, 0.25) is 10.0 Å². The molecule has 38 heavy (non-hydrogen) atoms. The first-order valence-electron chi connectivity index (χ1n) is 12.0. The molecular formula is C26H28Cl2F2N2O5S. The SMILES string of the molecule is CSCOC1CC2(NC(=O)COc3ccc(Cl)c(F)c3)CCC1(NC(=O)COc1ccc(Cl)c(F)c1)CC2. The summed E-state index contributed by atoms with van der Waals surface area (Å²) in [7, 11) is 0. The molecule has 0 saturated heterocycles. The van der Waals surface area contributed by atoms with Crippen LogP contribution in [0, 0.1) is 11.6 Å². The summed E-state index contributed by atoms with van der Waals surface area (Å²) >= 11 is 12.9. The smallest absolute Gasteiger partial charge is 0.258 e. The van der Waals surface area contributed by atoms with Crippen LogP contribution in [0.15, 0.2) is 36.4 Å². The molecule has 7 nitrogen and oxygen atoms in total. The summed E-state index contributed by atoms with van der Waals surface area (Å²) in [5.74, 6) is -1.09. The van der Waals surface area contributed by atoms with Crippen LogP contribution in [0.5, 0.6) is 11.5 Å². The molecule has 2 N–H and O–H groups in total. The van der Waals surface area contributed by atoms with Gasteiger partial charge in [0.2, 0.25) is 0 Å². The number of nitrogens with one attached hydrogen (secondary N) is 2. The number of carbonyl (C=O) groups is 2. The number of fused-ring (bicyclic) bond motifs is 3. The fourth-order valence-corrected chi connectivity index (χ4v) is 5.61. The summed E-state index contributed by atoms with van der Waals surface area (Å²) < 4.78 is 44.3. The first-order chi connectivity index (χ1) is 18.1. The number of amides is 2. The van der Waals surface area contributed by atoms with Gasteiger partial charge in [0.05, 0.1) is 27.6 Å². The minimum Gasteiger partial charge on any atom is -0.484 e. The molecule has 0 aromatic heterocycles. The second kappa shape index (κ2) is 12.3. The van der Waals surface area contributed by atoms with E-state index in [1.165, 1.54) is 36.0 Å². The number of halogens is 4. The molecule has 3 fully saturated rings. The largest absolute Gasteiger partial charge is 0.484 e. The normalized spacial score (nSPS) is 24.1. The van der Waals surface area contributed by atoms with Crippen LogP contribution in [-0.2, 0) is 14.3 Å². The van der Waals surface area contributed by atoms with Crippen molar-refractivity contribution >= 4 is 46.8 Å². The molecule has 0 aliphatic heterocycles. The number of benzene rings is 2. The maximum absolute atomic E-state index is 13.7. The van der Waals surface area contributed by atoms with E-state index in [2.05, 4.69) is 10.6 Å². The molecule has 1 atom stereocenters. The van der Waals surface area contributed by atoms with E-state index in [1.807, 2.05) is 6.26 Å². The summed E-state index contributed by atoms with van der Waals surface area (Å²) in [5, 5.41) is 6.14. The van der Waals surface area contributed by atoms with Crippen LogP contribution in [0.1, 0.15) is 32.1 Å². The molecule has 2 aromatic carbocycles. The van der Waals surface area contributed by atoms with E-state index < -0.39 is 22.7 Å². The predicted octanol–water partition coefficient (Wildman–Crippen LogP) is 5.12. The fourth-order valence-electron chi connectivity index (χ4n) is 5.08. The lowest BCUT2D eigenvalue weighted by Gasteiger charge is -2.57. The zero-order valence-corrected chi connectivity index (χ0v) is 23.0. The Hall–Kier alpha value is -2.27. The zero-order chi connectivity index (χ0) is 27.3. The Morgan fingerprint density at radius 2 is 1.45 bits per heavy atom. The van der Waals surface area contributed by atoms with Crippen molar-refractivity contribution < 1.29 is 32.6 Å². The van der Waals surface area contributed by atoms with E-state index in [4.69, 9.17) is 37.4 Å². The Labute approximate surface area is 233 Å². The molecule has 0 heterocycles. The number of hydrogen-bond acceptors (Lipinski definition) is 6. The second-order valence-electron chi connectivity index (χ2n) is 9.53. The lowest BCUT2D eigenvalue weighted by Crippen LogP contribution is -2.71. The molecule has 3 aliphatic rings. The van der Waals surface area contributed by atoms with Crippen molar-refractivity contribution in [3.8, 4) is 11.5 Å². The molecule has 2 amide bonds. The summed E-state index contributed by atoms with van der Waals surface area (Å²) in [5.41, 5.74) is -1.11. The highest BCUT2D eigenvalue weighted by Gasteiger charge is 2.56. The molecule has 5 rings (SSSR count). The first-order valence-corrected chi connectivity index (χ1v) is 14.2. The molecule has 12 heteroatoms. The van der Waals surface area contributed by atoms with Crippen LogP contribution < -0.4 is 20.1 Å². The third kappa shape index (κ3) is 6.83. The minimum absolute atomic E-state index is 0.0256. The van der Waals surface area contributed by atoms with Crippen LogP contribution in [-0.4, -0.2) is 54.4 Å². The topological polar surface area (TPSA) is 85.9 Å². The predicted molar refractivity (Wildman–Crippen MR) is 142 cm³/mol. The van der Waals surface area contributed by atoms with Gasteiger partial charge < -0.3 is 24.8 Å². The zero-order valence-electron chi connectivity index (χ0n) is 20.7. The number of carbonyl (C=O) groups excluding carboxylic acids is 2. The van der Waals surface area contributed by atoms with E-state index >= 15 is 0 Å². The Morgan fingerprint density at radius 3 is 1.95 bits per heavy atom. The summed E-state index contributed by atoms with van der Waals surface area (Å²) in [4.78, 5) is 25.6. The summed E-state index contributed by atoms with van der Waals surface area (Å²) in [6.45, 7) is -0.563. The van der Waals surface area contributed by atoms with Gasteiger partial charge in [0.25, 0.3) is 11.8 Å². The van der Waals surface area contributed by atoms with Crippen molar-refractivity contribution in [3.05, 3.63) is 58.1 Å². The number of ether oxygens (including phenoxy) is 3. The highest BCUT2D eigenvalue weighted by Crippen LogP contribution is 2.48. The maximum Gasteiger partial charge on any atom is 0.258 e. The van der Waals surface area contributed by atoms with Gasteiger partial charge in [-0.25, -0.2) is 8.78 Å². The Balaban J connectivity index is 1.35. The number of hydrogen-bond donors (Lipinski definition) is 2. The van der Waals surface area contributed by atoms with Crippen LogP contribution in [0.4, 0.5) is 8.78 Å². The van der Waals surface area contributed by atoms with Gasteiger partial charge in [0.1, 0.15) is 23.1 Å². The quantitative estimate of drug-likeness (QED) is 0.354. The Morgan fingerprint density at radius 1 is 0.921 bits per heavy atom. The van der Waals surface area contributed by atoms with Gasteiger partial charge in [0, 0.05) is 17.7 Å². The van der Waals surface area contributed by atoms with Crippen molar-refractivity contribution in [1.29, 1.82) is 0 Å². The standard InChI is InChI=1S/C26H28Cl2F2N2O5S/c1-38-15-37-22-12-25(31-23(33)13-35-16-2-4-18(27)20(29)10-16)6-8-26(22,9-7-25)32-24(34)14-36-17-3-5-19(28)21(30)11-17/h2-5,10-11,22H,6-9,12-15H2,1H3,(H,31,33)(H,32,34). The molecule has 1 unspecified atom stereocenters. The van der Waals surface area contributed by atoms with Gasteiger partial charge in [-0.15, -0.1) is 11.8 Å². The van der Waals surface area contributed by atoms with E-state index in [-0.39, 0.29) is 52.7 Å². The van der Waals surface area contributed by atoms with Gasteiger partial charge in [-0.3, -0.25) is 9.59 Å². The lowest BCUT2D eigenvalue weighted by atomic mass is 9.59. The van der Waals surface area contributed by atoms with Gasteiger partial charge in [0.15, 0.2) is 13.2 Å². The van der Waals surface area contributed by atoms with E-state index in [0.717, 1.165) is 12.1 Å². The summed E-state index contributed by atoms with van der Waals surface area (Å²) in [6, 6.07) is 7.98. The maximum atomic E-state index is 13.7. The van der Waals surface area contributed by atoms with Crippen molar-refractivity contribution in [2.24, 2.45) is 0 Å². The van der Waals surface area contributed by atoms with Crippen molar-refractivity contribution in [3.63, 3.8) is 0 Å². The van der Waals surface area contributed by atoms with Crippen LogP contribution >= 0.6 is 35.0 Å². The lowest BCUT2D eigenvalue weighted by molar-refractivity contribution is -0.140. The second-order valence-corrected chi connectivity index (χ2v) is 11.2. The molecule has 3 aliphatic carbocycles. The fraction of sp³-hybridized carbons (Fsp3) is 0.462. The number of thioether (sulfide) groups is 1. The van der Waals surface area contributed by atoms with Gasteiger partial charge in [-0.1, -0.05) is 23.2 Å². The summed E-state index contributed by atoms with van der Waals surface area (Å²) in [6.07, 6.45) is 4.56. The van der Waals surface area contributed by atoms with Crippen LogP contribution in [0.3, 0.4) is 0 Å². The van der Waals surface area contributed by atoms with Crippen molar-refractivity contribution in [1.82, 2.24) is 10.6 Å². The van der Waals surface area contributed by atoms with Gasteiger partial charge in [-0.2, -0.15) is 0 Å². The molecule has 0 radical (unpaired) electrons. The van der Waals surface area contributed by atoms with Crippen molar-refractivity contribution in [2.45, 2.75) is 49.3 Å². The molecular weight excluding hydrogens is 561 g/mol.